The monoisotopic (exact) mass is 438 g/mol. The molecule has 6 nitrogen and oxygen atoms in total. The van der Waals surface area contributed by atoms with E-state index in [0.29, 0.717) is 29.2 Å². The summed E-state index contributed by atoms with van der Waals surface area (Å²) in [7, 11) is 2.09. The van der Waals surface area contributed by atoms with E-state index in [1.54, 1.807) is 24.3 Å². The van der Waals surface area contributed by atoms with Gasteiger partial charge in [0.2, 0.25) is 5.91 Å². The Morgan fingerprint density at radius 2 is 1.81 bits per heavy atom. The maximum absolute atomic E-state index is 13.4. The van der Waals surface area contributed by atoms with Crippen LogP contribution in [0.2, 0.25) is 0 Å². The van der Waals surface area contributed by atoms with Crippen molar-refractivity contribution < 1.29 is 14.0 Å². The van der Waals surface area contributed by atoms with Gasteiger partial charge in [-0.3, -0.25) is 14.6 Å². The molecule has 1 aromatic heterocycles. The number of hydrogen-bond donors (Lipinski definition) is 1. The highest BCUT2D eigenvalue weighted by Gasteiger charge is 2.27. The summed E-state index contributed by atoms with van der Waals surface area (Å²) < 4.78 is 13.4. The SMILES string of the molecule is CN1CCN(C(=O)CC2CCC(NC(=O)c3ccc(-c4cccc(F)c4)nc3)CC2)CC1. The van der Waals surface area contributed by atoms with Crippen molar-refractivity contribution in [2.24, 2.45) is 5.92 Å². The van der Waals surface area contributed by atoms with Crippen molar-refractivity contribution >= 4 is 11.8 Å². The first kappa shape index (κ1) is 22.4. The summed E-state index contributed by atoms with van der Waals surface area (Å²) in [6.45, 7) is 3.55. The third-order valence-electron chi connectivity index (χ3n) is 6.65. The summed E-state index contributed by atoms with van der Waals surface area (Å²) in [6, 6.07) is 9.84. The van der Waals surface area contributed by atoms with Gasteiger partial charge in [0.25, 0.3) is 5.91 Å². The van der Waals surface area contributed by atoms with Gasteiger partial charge in [0.1, 0.15) is 5.82 Å². The van der Waals surface area contributed by atoms with Crippen LogP contribution in [0.3, 0.4) is 0 Å². The lowest BCUT2D eigenvalue weighted by Gasteiger charge is -2.34. The summed E-state index contributed by atoms with van der Waals surface area (Å²) >= 11 is 0. The molecule has 1 saturated heterocycles. The first-order chi connectivity index (χ1) is 15.5. The number of halogens is 1. The molecule has 0 spiro atoms. The quantitative estimate of drug-likeness (QED) is 0.778. The van der Waals surface area contributed by atoms with Gasteiger partial charge in [-0.2, -0.15) is 0 Å². The Kier molecular flexibility index (Phi) is 7.15. The Morgan fingerprint density at radius 3 is 2.47 bits per heavy atom. The number of pyridine rings is 1. The molecule has 1 saturated carbocycles. The fraction of sp³-hybridized carbons (Fsp3) is 0.480. The predicted molar refractivity (Wildman–Crippen MR) is 122 cm³/mol. The Balaban J connectivity index is 1.23. The van der Waals surface area contributed by atoms with Crippen LogP contribution in [0.5, 0.6) is 0 Å². The highest BCUT2D eigenvalue weighted by Crippen LogP contribution is 2.28. The zero-order chi connectivity index (χ0) is 22.5. The Morgan fingerprint density at radius 1 is 1.06 bits per heavy atom. The van der Waals surface area contributed by atoms with Crippen LogP contribution < -0.4 is 5.32 Å². The second-order valence-electron chi connectivity index (χ2n) is 9.02. The van der Waals surface area contributed by atoms with Gasteiger partial charge in [-0.15, -0.1) is 0 Å². The maximum atomic E-state index is 13.4. The average molecular weight is 439 g/mol. The van der Waals surface area contributed by atoms with Gasteiger partial charge in [-0.05, 0) is 62.9 Å². The molecule has 1 aliphatic carbocycles. The second kappa shape index (κ2) is 10.2. The molecular formula is C25H31FN4O2. The molecule has 32 heavy (non-hydrogen) atoms. The van der Waals surface area contributed by atoms with Crippen molar-refractivity contribution in [3.63, 3.8) is 0 Å². The Labute approximate surface area is 188 Å². The van der Waals surface area contributed by atoms with Crippen LogP contribution in [-0.4, -0.2) is 65.9 Å². The largest absolute Gasteiger partial charge is 0.349 e. The zero-order valence-corrected chi connectivity index (χ0v) is 18.6. The van der Waals surface area contributed by atoms with Crippen LogP contribution in [0.25, 0.3) is 11.3 Å². The molecule has 2 aliphatic rings. The normalized spacial score (nSPS) is 21.9. The average Bonchev–Trinajstić information content (AvgIpc) is 2.81. The molecule has 2 amide bonds. The molecule has 0 radical (unpaired) electrons. The van der Waals surface area contributed by atoms with Crippen molar-refractivity contribution in [1.82, 2.24) is 20.1 Å². The van der Waals surface area contributed by atoms with Crippen molar-refractivity contribution in [1.29, 1.82) is 0 Å². The van der Waals surface area contributed by atoms with Crippen LogP contribution in [0.4, 0.5) is 4.39 Å². The number of amides is 2. The minimum absolute atomic E-state index is 0.125. The molecule has 1 N–H and O–H groups in total. The standard InChI is InChI=1S/C25H31FN4O2/c1-29-11-13-30(14-12-29)24(31)15-18-5-8-22(9-6-18)28-25(32)20-7-10-23(27-17-20)19-3-2-4-21(26)16-19/h2-4,7,10,16-18,22H,5-6,8-9,11-15H2,1H3,(H,28,32). The van der Waals surface area contributed by atoms with E-state index in [1.165, 1.54) is 18.3 Å². The fourth-order valence-corrected chi connectivity index (χ4v) is 4.56. The van der Waals surface area contributed by atoms with Gasteiger partial charge in [-0.25, -0.2) is 4.39 Å². The molecule has 7 heteroatoms. The minimum Gasteiger partial charge on any atom is -0.349 e. The van der Waals surface area contributed by atoms with Gasteiger partial charge < -0.3 is 15.1 Å². The van der Waals surface area contributed by atoms with Crippen LogP contribution in [-0.2, 0) is 4.79 Å². The second-order valence-corrected chi connectivity index (χ2v) is 9.02. The highest BCUT2D eigenvalue weighted by atomic mass is 19.1. The fourth-order valence-electron chi connectivity index (χ4n) is 4.56. The number of piperazine rings is 1. The first-order valence-corrected chi connectivity index (χ1v) is 11.5. The van der Waals surface area contributed by atoms with E-state index in [1.807, 2.05) is 4.90 Å². The van der Waals surface area contributed by atoms with E-state index in [4.69, 9.17) is 0 Å². The Bertz CT molecular complexity index is 933. The van der Waals surface area contributed by atoms with Crippen molar-refractivity contribution in [2.45, 2.75) is 38.1 Å². The molecule has 170 valence electrons. The molecule has 0 unspecified atom stereocenters. The van der Waals surface area contributed by atoms with Crippen molar-refractivity contribution in [2.75, 3.05) is 33.2 Å². The third-order valence-corrected chi connectivity index (χ3v) is 6.65. The number of benzene rings is 1. The molecule has 0 atom stereocenters. The van der Waals surface area contributed by atoms with E-state index in [2.05, 4.69) is 22.2 Å². The molecule has 0 bridgehead atoms. The summed E-state index contributed by atoms with van der Waals surface area (Å²) in [5.74, 6) is 0.227. The van der Waals surface area contributed by atoms with Crippen molar-refractivity contribution in [3.05, 3.63) is 54.0 Å². The number of nitrogens with zero attached hydrogens (tertiary/aromatic N) is 3. The number of nitrogens with one attached hydrogen (secondary N) is 1. The lowest BCUT2D eigenvalue weighted by Crippen LogP contribution is -2.47. The van der Waals surface area contributed by atoms with Crippen molar-refractivity contribution in [3.8, 4) is 11.3 Å². The van der Waals surface area contributed by atoms with E-state index in [9.17, 15) is 14.0 Å². The summed E-state index contributed by atoms with van der Waals surface area (Å²) in [6.07, 6.45) is 5.86. The molecule has 1 aliphatic heterocycles. The van der Waals surface area contributed by atoms with Gasteiger partial charge >= 0.3 is 0 Å². The number of carbonyl (C=O) groups is 2. The smallest absolute Gasteiger partial charge is 0.253 e. The molecule has 2 aromatic rings. The van der Waals surface area contributed by atoms with E-state index < -0.39 is 0 Å². The van der Waals surface area contributed by atoms with Gasteiger partial charge in [0.05, 0.1) is 11.3 Å². The van der Waals surface area contributed by atoms with E-state index >= 15 is 0 Å². The summed E-state index contributed by atoms with van der Waals surface area (Å²) in [5.41, 5.74) is 1.81. The van der Waals surface area contributed by atoms with Crippen LogP contribution in [0.15, 0.2) is 42.6 Å². The molecule has 4 rings (SSSR count). The molecule has 2 fully saturated rings. The first-order valence-electron chi connectivity index (χ1n) is 11.5. The highest BCUT2D eigenvalue weighted by molar-refractivity contribution is 5.94. The summed E-state index contributed by atoms with van der Waals surface area (Å²) in [4.78, 5) is 33.8. The van der Waals surface area contributed by atoms with Gasteiger partial charge in [0.15, 0.2) is 0 Å². The van der Waals surface area contributed by atoms with E-state index in [0.717, 1.165) is 51.9 Å². The molecule has 2 heterocycles. The summed E-state index contributed by atoms with van der Waals surface area (Å²) in [5, 5.41) is 3.11. The van der Waals surface area contributed by atoms with Crippen LogP contribution in [0, 0.1) is 11.7 Å². The van der Waals surface area contributed by atoms with Crippen LogP contribution >= 0.6 is 0 Å². The topological polar surface area (TPSA) is 65.5 Å². The van der Waals surface area contributed by atoms with Gasteiger partial charge in [0, 0.05) is 50.4 Å². The number of rotatable bonds is 5. The van der Waals surface area contributed by atoms with Gasteiger partial charge in [-0.1, -0.05) is 12.1 Å². The number of likely N-dealkylation sites (N-methyl/N-ethyl adjacent to an activating group) is 1. The number of carbonyl (C=O) groups excluding carboxylic acids is 2. The molecule has 1 aromatic carbocycles. The Hall–Kier alpha value is -2.80. The number of hydrogen-bond acceptors (Lipinski definition) is 4. The zero-order valence-electron chi connectivity index (χ0n) is 18.6. The minimum atomic E-state index is -0.313. The maximum Gasteiger partial charge on any atom is 0.253 e. The number of aromatic nitrogens is 1. The predicted octanol–water partition coefficient (Wildman–Crippen LogP) is 3.34. The lowest BCUT2D eigenvalue weighted by atomic mass is 9.83. The lowest BCUT2D eigenvalue weighted by molar-refractivity contribution is -0.134. The van der Waals surface area contributed by atoms with Crippen LogP contribution in [0.1, 0.15) is 42.5 Å². The van der Waals surface area contributed by atoms with E-state index in [-0.39, 0.29) is 23.7 Å². The third kappa shape index (κ3) is 5.71. The molecular weight excluding hydrogens is 407 g/mol.